The molecule has 0 bridgehead atoms. The number of aliphatic imine (C=N–C) groups is 1. The minimum atomic E-state index is 0.786. The molecule has 0 saturated carbocycles. The predicted molar refractivity (Wildman–Crippen MR) is 115 cm³/mol. The quantitative estimate of drug-likeness (QED) is 0.319. The maximum atomic E-state index is 5.10. The van der Waals surface area contributed by atoms with Gasteiger partial charge in [-0.05, 0) is 33.2 Å². The Balaban J connectivity index is 1.68. The number of hydrogen-bond acceptors (Lipinski definition) is 6. The molecule has 0 spiro atoms. The van der Waals surface area contributed by atoms with Crippen molar-refractivity contribution in [3.8, 4) is 0 Å². The highest BCUT2D eigenvalue weighted by Gasteiger charge is 2.15. The molecule has 1 saturated heterocycles. The first kappa shape index (κ1) is 21.9. The normalized spacial score (nSPS) is 15.0. The molecular weight excluding hydrogens is 360 g/mol. The number of nitrogens with one attached hydrogen (secondary N) is 2. The van der Waals surface area contributed by atoms with Crippen molar-refractivity contribution in [3.63, 3.8) is 0 Å². The van der Waals surface area contributed by atoms with Crippen LogP contribution >= 0.6 is 11.3 Å². The maximum Gasteiger partial charge on any atom is 0.191 e. The number of guanidine groups is 1. The Kier molecular flexibility index (Phi) is 10.5. The van der Waals surface area contributed by atoms with Gasteiger partial charge in [-0.25, -0.2) is 4.98 Å². The summed E-state index contributed by atoms with van der Waals surface area (Å²) in [5, 5.41) is 10.1. The molecule has 1 fully saturated rings. The van der Waals surface area contributed by atoms with Crippen molar-refractivity contribution in [2.24, 2.45) is 4.99 Å². The van der Waals surface area contributed by atoms with Crippen molar-refractivity contribution in [2.75, 3.05) is 71.5 Å². The number of likely N-dealkylation sites (N-methyl/N-ethyl adjacent to an activating group) is 1. The van der Waals surface area contributed by atoms with Crippen molar-refractivity contribution in [3.05, 3.63) is 11.1 Å². The molecule has 0 unspecified atom stereocenters. The zero-order chi connectivity index (χ0) is 19.3. The molecule has 7 nitrogen and oxygen atoms in total. The molecule has 8 heteroatoms. The summed E-state index contributed by atoms with van der Waals surface area (Å²) in [6, 6.07) is 0. The van der Waals surface area contributed by atoms with Gasteiger partial charge in [-0.3, -0.25) is 4.99 Å². The summed E-state index contributed by atoms with van der Waals surface area (Å²) >= 11 is 1.77. The highest BCUT2D eigenvalue weighted by Crippen LogP contribution is 2.24. The Bertz CT molecular complexity index is 544. The van der Waals surface area contributed by atoms with E-state index in [1.165, 1.54) is 23.7 Å². The third kappa shape index (κ3) is 8.45. The van der Waals surface area contributed by atoms with Gasteiger partial charge >= 0.3 is 0 Å². The largest absolute Gasteiger partial charge is 0.385 e. The molecule has 0 amide bonds. The monoisotopic (exact) mass is 396 g/mol. The number of rotatable bonds is 12. The van der Waals surface area contributed by atoms with E-state index in [1.807, 2.05) is 0 Å². The van der Waals surface area contributed by atoms with Gasteiger partial charge in [-0.15, -0.1) is 11.3 Å². The molecule has 2 rings (SSSR count). The molecule has 1 aliphatic rings. The summed E-state index contributed by atoms with van der Waals surface area (Å²) < 4.78 is 5.10. The number of ether oxygens (including phenoxy) is 1. The van der Waals surface area contributed by atoms with Crippen LogP contribution in [0.3, 0.4) is 0 Å². The number of nitrogens with zero attached hydrogens (tertiary/aromatic N) is 4. The number of methoxy groups -OCH3 is 1. The van der Waals surface area contributed by atoms with Crippen LogP contribution in [0.4, 0.5) is 5.13 Å². The molecule has 1 aromatic rings. The fourth-order valence-electron chi connectivity index (χ4n) is 3.04. The Morgan fingerprint density at radius 1 is 1.33 bits per heavy atom. The second-order valence-electron chi connectivity index (χ2n) is 6.90. The van der Waals surface area contributed by atoms with Gasteiger partial charge in [0.25, 0.3) is 0 Å². The van der Waals surface area contributed by atoms with Gasteiger partial charge in [0.15, 0.2) is 11.1 Å². The van der Waals surface area contributed by atoms with E-state index in [9.17, 15) is 0 Å². The molecule has 0 aliphatic carbocycles. The minimum Gasteiger partial charge on any atom is -0.385 e. The molecule has 2 N–H and O–H groups in total. The fourth-order valence-corrected chi connectivity index (χ4v) is 3.95. The van der Waals surface area contributed by atoms with E-state index in [4.69, 9.17) is 9.72 Å². The van der Waals surface area contributed by atoms with Crippen LogP contribution < -0.4 is 15.5 Å². The van der Waals surface area contributed by atoms with Gasteiger partial charge in [0, 0.05) is 64.8 Å². The van der Waals surface area contributed by atoms with Gasteiger partial charge in [0.2, 0.25) is 0 Å². The second-order valence-corrected chi connectivity index (χ2v) is 7.74. The first-order valence-corrected chi connectivity index (χ1v) is 11.0. The molecule has 1 aliphatic heterocycles. The van der Waals surface area contributed by atoms with Gasteiger partial charge in [-0.2, -0.15) is 0 Å². The van der Waals surface area contributed by atoms with Crippen LogP contribution in [0.15, 0.2) is 10.4 Å². The number of thiazole rings is 1. The van der Waals surface area contributed by atoms with Crippen molar-refractivity contribution in [1.29, 1.82) is 0 Å². The first-order chi connectivity index (χ1) is 13.2. The Morgan fingerprint density at radius 2 is 2.15 bits per heavy atom. The maximum absolute atomic E-state index is 5.10. The van der Waals surface area contributed by atoms with Gasteiger partial charge in [-0.1, -0.05) is 0 Å². The first-order valence-electron chi connectivity index (χ1n) is 10.1. The zero-order valence-corrected chi connectivity index (χ0v) is 18.0. The predicted octanol–water partition coefficient (Wildman–Crippen LogP) is 1.81. The number of aromatic nitrogens is 1. The lowest BCUT2D eigenvalue weighted by molar-refractivity contribution is 0.180. The summed E-state index contributed by atoms with van der Waals surface area (Å²) in [4.78, 5) is 14.2. The van der Waals surface area contributed by atoms with Crippen LogP contribution in [-0.4, -0.2) is 82.4 Å². The second kappa shape index (κ2) is 12.9. The molecule has 1 aromatic heterocycles. The lowest BCUT2D eigenvalue weighted by Gasteiger charge is -2.16. The lowest BCUT2D eigenvalue weighted by Crippen LogP contribution is -2.39. The molecule has 0 radical (unpaired) electrons. The van der Waals surface area contributed by atoms with Crippen molar-refractivity contribution < 1.29 is 4.74 Å². The number of anilines is 1. The Morgan fingerprint density at radius 3 is 2.89 bits per heavy atom. The van der Waals surface area contributed by atoms with Gasteiger partial charge < -0.3 is 25.2 Å². The van der Waals surface area contributed by atoms with Crippen molar-refractivity contribution in [2.45, 2.75) is 32.6 Å². The molecule has 2 heterocycles. The van der Waals surface area contributed by atoms with E-state index >= 15 is 0 Å². The fraction of sp³-hybridized carbons (Fsp3) is 0.789. The minimum absolute atomic E-state index is 0.786. The Hall–Kier alpha value is -1.38. The lowest BCUT2D eigenvalue weighted by atomic mass is 10.3. The van der Waals surface area contributed by atoms with E-state index in [0.717, 1.165) is 71.2 Å². The summed E-state index contributed by atoms with van der Waals surface area (Å²) in [5.41, 5.74) is 1.17. The topological polar surface area (TPSA) is 65.0 Å². The highest BCUT2D eigenvalue weighted by molar-refractivity contribution is 7.13. The Labute approximate surface area is 168 Å². The molecule has 154 valence electrons. The van der Waals surface area contributed by atoms with E-state index in [1.54, 1.807) is 18.4 Å². The van der Waals surface area contributed by atoms with Crippen molar-refractivity contribution >= 4 is 22.4 Å². The summed E-state index contributed by atoms with van der Waals surface area (Å²) in [6.07, 6.45) is 4.56. The van der Waals surface area contributed by atoms with Gasteiger partial charge in [0.05, 0.1) is 12.2 Å². The molecule has 0 aromatic carbocycles. The van der Waals surface area contributed by atoms with Crippen LogP contribution in [0, 0.1) is 0 Å². The molecule has 0 atom stereocenters. The summed E-state index contributed by atoms with van der Waals surface area (Å²) in [6.45, 7) is 9.70. The standard InChI is InChI=1S/C19H36N6OS/c1-4-20-18(22-10-14-24(2)11-7-15-26-3)21-9-8-17-16-27-19(23-17)25-12-5-6-13-25/h16H,4-15H2,1-3H3,(H2,20,21,22). The van der Waals surface area contributed by atoms with Crippen LogP contribution in [0.1, 0.15) is 31.9 Å². The molecule has 27 heavy (non-hydrogen) atoms. The van der Waals surface area contributed by atoms with Crippen LogP contribution in [0.5, 0.6) is 0 Å². The van der Waals surface area contributed by atoms with Crippen LogP contribution in [-0.2, 0) is 11.2 Å². The highest BCUT2D eigenvalue weighted by atomic mass is 32.1. The van der Waals surface area contributed by atoms with Gasteiger partial charge in [0.1, 0.15) is 0 Å². The van der Waals surface area contributed by atoms with Crippen LogP contribution in [0.25, 0.3) is 0 Å². The van der Waals surface area contributed by atoms with E-state index in [0.29, 0.717) is 0 Å². The average Bonchev–Trinajstić information content (AvgIpc) is 3.33. The van der Waals surface area contributed by atoms with E-state index in [2.05, 4.69) is 44.8 Å². The average molecular weight is 397 g/mol. The third-order valence-corrected chi connectivity index (χ3v) is 5.52. The third-order valence-electron chi connectivity index (χ3n) is 4.57. The molecular formula is C19H36N6OS. The van der Waals surface area contributed by atoms with E-state index in [-0.39, 0.29) is 0 Å². The smallest absolute Gasteiger partial charge is 0.191 e. The van der Waals surface area contributed by atoms with E-state index < -0.39 is 0 Å². The SMILES string of the molecule is CCNC(=NCCN(C)CCCOC)NCCc1csc(N2CCCC2)n1. The zero-order valence-electron chi connectivity index (χ0n) is 17.2. The van der Waals surface area contributed by atoms with Crippen LogP contribution in [0.2, 0.25) is 0 Å². The summed E-state index contributed by atoms with van der Waals surface area (Å²) in [7, 11) is 3.88. The number of hydrogen-bond donors (Lipinski definition) is 2. The van der Waals surface area contributed by atoms with Crippen molar-refractivity contribution in [1.82, 2.24) is 20.5 Å². The summed E-state index contributed by atoms with van der Waals surface area (Å²) in [5.74, 6) is 0.887.